The number of nitrogens with one attached hydrogen (secondary N) is 1. The SMILES string of the molecule is C[C@@]1(CO)Cc2cc(NC(=O)C(=CN)c3ncc(Cl)cn3)c(N3CCC(CO)CC3)cc2O1. The van der Waals surface area contributed by atoms with Gasteiger partial charge in [-0.3, -0.25) is 4.79 Å². The lowest BCUT2D eigenvalue weighted by molar-refractivity contribution is -0.111. The third-order valence-corrected chi connectivity index (χ3v) is 6.36. The quantitative estimate of drug-likeness (QED) is 0.468. The summed E-state index contributed by atoms with van der Waals surface area (Å²) in [5.41, 5.74) is 7.48. The van der Waals surface area contributed by atoms with Crippen molar-refractivity contribution in [1.82, 2.24) is 9.97 Å². The minimum atomic E-state index is -0.703. The molecule has 1 aromatic carbocycles. The molecule has 9 nitrogen and oxygen atoms in total. The van der Waals surface area contributed by atoms with Gasteiger partial charge < -0.3 is 30.9 Å². The van der Waals surface area contributed by atoms with Gasteiger partial charge in [-0.15, -0.1) is 0 Å². The van der Waals surface area contributed by atoms with Crippen LogP contribution >= 0.6 is 11.6 Å². The average molecular weight is 474 g/mol. The molecule has 10 heteroatoms. The van der Waals surface area contributed by atoms with E-state index in [0.29, 0.717) is 22.9 Å². The lowest BCUT2D eigenvalue weighted by Gasteiger charge is -2.34. The number of fused-ring (bicyclic) bond motifs is 1. The summed E-state index contributed by atoms with van der Waals surface area (Å²) in [5, 5.41) is 22.6. The number of ether oxygens (including phenoxy) is 1. The summed E-state index contributed by atoms with van der Waals surface area (Å²) in [6, 6.07) is 3.80. The zero-order chi connectivity index (χ0) is 23.6. The molecule has 0 bridgehead atoms. The minimum Gasteiger partial charge on any atom is -0.484 e. The molecule has 0 radical (unpaired) electrons. The number of piperidine rings is 1. The van der Waals surface area contributed by atoms with Crippen LogP contribution in [0.2, 0.25) is 5.02 Å². The topological polar surface area (TPSA) is 134 Å². The van der Waals surface area contributed by atoms with E-state index in [2.05, 4.69) is 20.2 Å². The summed E-state index contributed by atoms with van der Waals surface area (Å²) in [4.78, 5) is 23.5. The molecule has 0 unspecified atom stereocenters. The Balaban J connectivity index is 1.65. The molecule has 1 atom stereocenters. The first-order valence-corrected chi connectivity index (χ1v) is 11.3. The van der Waals surface area contributed by atoms with E-state index in [1.165, 1.54) is 18.6 Å². The molecule has 1 aromatic heterocycles. The first-order valence-electron chi connectivity index (χ1n) is 10.9. The molecule has 5 N–H and O–H groups in total. The van der Waals surface area contributed by atoms with E-state index >= 15 is 0 Å². The molecular weight excluding hydrogens is 446 g/mol. The van der Waals surface area contributed by atoms with Crippen molar-refractivity contribution < 1.29 is 19.7 Å². The smallest absolute Gasteiger partial charge is 0.261 e. The number of carbonyl (C=O) groups is 1. The number of anilines is 2. The van der Waals surface area contributed by atoms with E-state index in [9.17, 15) is 15.0 Å². The van der Waals surface area contributed by atoms with Gasteiger partial charge in [-0.25, -0.2) is 9.97 Å². The highest BCUT2D eigenvalue weighted by Gasteiger charge is 2.36. The molecular formula is C23H28ClN5O4. The number of hydrogen-bond donors (Lipinski definition) is 4. The second kappa shape index (κ2) is 9.54. The molecule has 2 aliphatic rings. The molecule has 1 amide bonds. The summed E-state index contributed by atoms with van der Waals surface area (Å²) in [5.74, 6) is 0.688. The van der Waals surface area contributed by atoms with Gasteiger partial charge in [0.1, 0.15) is 11.4 Å². The zero-order valence-corrected chi connectivity index (χ0v) is 19.2. The third kappa shape index (κ3) is 4.90. The molecule has 0 aliphatic carbocycles. The van der Waals surface area contributed by atoms with E-state index in [4.69, 9.17) is 22.1 Å². The van der Waals surface area contributed by atoms with E-state index in [1.54, 1.807) is 0 Å². The maximum atomic E-state index is 13.2. The Labute approximate surface area is 197 Å². The third-order valence-electron chi connectivity index (χ3n) is 6.17. The van der Waals surface area contributed by atoms with Crippen LogP contribution in [0.25, 0.3) is 5.57 Å². The summed E-state index contributed by atoms with van der Waals surface area (Å²) in [6.07, 6.45) is 6.20. The second-order valence-electron chi connectivity index (χ2n) is 8.74. The van der Waals surface area contributed by atoms with Crippen LogP contribution in [0.3, 0.4) is 0 Å². The molecule has 3 heterocycles. The number of benzene rings is 1. The monoisotopic (exact) mass is 473 g/mol. The van der Waals surface area contributed by atoms with Gasteiger partial charge in [-0.1, -0.05) is 11.6 Å². The van der Waals surface area contributed by atoms with Crippen LogP contribution in [-0.2, 0) is 11.2 Å². The van der Waals surface area contributed by atoms with Crippen LogP contribution in [0, 0.1) is 5.92 Å². The Morgan fingerprint density at radius 1 is 1.33 bits per heavy atom. The van der Waals surface area contributed by atoms with E-state index < -0.39 is 11.5 Å². The van der Waals surface area contributed by atoms with Crippen LogP contribution in [-0.4, -0.2) is 58.0 Å². The maximum absolute atomic E-state index is 13.2. The van der Waals surface area contributed by atoms with E-state index in [1.807, 2.05) is 19.1 Å². The van der Waals surface area contributed by atoms with Gasteiger partial charge in [0, 0.05) is 56.3 Å². The number of rotatable bonds is 6. The number of aromatic nitrogens is 2. The molecule has 176 valence electrons. The van der Waals surface area contributed by atoms with Gasteiger partial charge in [0.25, 0.3) is 5.91 Å². The van der Waals surface area contributed by atoms with Crippen molar-refractivity contribution in [3.63, 3.8) is 0 Å². The fourth-order valence-electron chi connectivity index (χ4n) is 4.25. The first-order chi connectivity index (χ1) is 15.9. The van der Waals surface area contributed by atoms with Crippen molar-refractivity contribution in [2.75, 3.05) is 36.5 Å². The number of hydrogen-bond acceptors (Lipinski definition) is 8. The Bertz CT molecular complexity index is 1050. The summed E-state index contributed by atoms with van der Waals surface area (Å²) >= 11 is 5.86. The Morgan fingerprint density at radius 2 is 2.03 bits per heavy atom. The molecule has 1 fully saturated rings. The van der Waals surface area contributed by atoms with Crippen LogP contribution in [0.5, 0.6) is 5.75 Å². The van der Waals surface area contributed by atoms with Crippen molar-refractivity contribution >= 4 is 34.5 Å². The Kier molecular flexibility index (Phi) is 6.73. The highest BCUT2D eigenvalue weighted by molar-refractivity contribution is 6.30. The van der Waals surface area contributed by atoms with Crippen molar-refractivity contribution in [3.8, 4) is 5.75 Å². The van der Waals surface area contributed by atoms with Gasteiger partial charge in [-0.05, 0) is 31.7 Å². The average Bonchev–Trinajstić information content (AvgIpc) is 3.16. The van der Waals surface area contributed by atoms with Gasteiger partial charge in [-0.2, -0.15) is 0 Å². The predicted molar refractivity (Wildman–Crippen MR) is 126 cm³/mol. The highest BCUT2D eigenvalue weighted by Crippen LogP contribution is 2.42. The number of aliphatic hydroxyl groups is 2. The van der Waals surface area contributed by atoms with Crippen LogP contribution in [0.1, 0.15) is 31.2 Å². The maximum Gasteiger partial charge on any atom is 0.261 e. The predicted octanol–water partition coefficient (Wildman–Crippen LogP) is 1.96. The lowest BCUT2D eigenvalue weighted by atomic mass is 9.96. The van der Waals surface area contributed by atoms with Crippen molar-refractivity contribution in [2.24, 2.45) is 11.7 Å². The number of nitrogens with zero attached hydrogens (tertiary/aromatic N) is 3. The summed E-state index contributed by atoms with van der Waals surface area (Å²) in [7, 11) is 0. The van der Waals surface area contributed by atoms with Crippen molar-refractivity contribution in [1.29, 1.82) is 0 Å². The largest absolute Gasteiger partial charge is 0.484 e. The normalized spacial score (nSPS) is 21.0. The van der Waals surface area contributed by atoms with Crippen LogP contribution in [0.4, 0.5) is 11.4 Å². The highest BCUT2D eigenvalue weighted by atomic mass is 35.5. The molecule has 4 rings (SSSR count). The number of halogens is 1. The van der Waals surface area contributed by atoms with Gasteiger partial charge in [0.2, 0.25) is 0 Å². The fourth-order valence-corrected chi connectivity index (χ4v) is 4.35. The molecule has 0 spiro atoms. The van der Waals surface area contributed by atoms with E-state index in [0.717, 1.165) is 37.2 Å². The number of amides is 1. The van der Waals surface area contributed by atoms with Crippen molar-refractivity contribution in [2.45, 2.75) is 31.8 Å². The Morgan fingerprint density at radius 3 is 2.64 bits per heavy atom. The van der Waals surface area contributed by atoms with Crippen LogP contribution < -0.4 is 20.7 Å². The molecule has 0 saturated carbocycles. The Hall–Kier alpha value is -2.88. The zero-order valence-electron chi connectivity index (χ0n) is 18.4. The first kappa shape index (κ1) is 23.3. The molecule has 2 aromatic rings. The van der Waals surface area contributed by atoms with Crippen molar-refractivity contribution in [3.05, 3.63) is 47.1 Å². The van der Waals surface area contributed by atoms with Gasteiger partial charge in [0.05, 0.1) is 28.6 Å². The van der Waals surface area contributed by atoms with Gasteiger partial charge in [0.15, 0.2) is 5.82 Å². The number of aliphatic hydroxyl groups excluding tert-OH is 2. The van der Waals surface area contributed by atoms with Crippen LogP contribution in [0.15, 0.2) is 30.7 Å². The number of carbonyl (C=O) groups excluding carboxylic acids is 1. The standard InChI is InChI=1S/C23H28ClN5O4/c1-23(13-31)8-15-6-18(28-22(32)17(9-25)21-26-10-16(24)11-27-21)19(7-20(15)33-23)29-4-2-14(12-30)3-5-29/h6-7,9-11,14,30-31H,2-5,8,12-13,25H2,1H3,(H,28,32)/t23-/m0/s1. The lowest BCUT2D eigenvalue weighted by Crippen LogP contribution is -2.35. The fraction of sp³-hybridized carbons (Fsp3) is 0.435. The molecule has 33 heavy (non-hydrogen) atoms. The summed E-state index contributed by atoms with van der Waals surface area (Å²) < 4.78 is 6.03. The summed E-state index contributed by atoms with van der Waals surface area (Å²) in [6.45, 7) is 3.39. The second-order valence-corrected chi connectivity index (χ2v) is 9.17. The van der Waals surface area contributed by atoms with Gasteiger partial charge >= 0.3 is 0 Å². The molecule has 2 aliphatic heterocycles. The number of nitrogens with two attached hydrogens (primary N) is 1. The molecule has 1 saturated heterocycles. The minimum absolute atomic E-state index is 0.117. The van der Waals surface area contributed by atoms with E-state index in [-0.39, 0.29) is 30.5 Å².